The molecule has 2 aliphatic rings. The minimum Gasteiger partial charge on any atom is -0.316 e. The normalized spacial score (nSPS) is 34.9. The van der Waals surface area contributed by atoms with Crippen molar-refractivity contribution in [2.45, 2.75) is 45.1 Å². The topological polar surface area (TPSA) is 15.3 Å². The van der Waals surface area contributed by atoms with Gasteiger partial charge in [-0.2, -0.15) is 0 Å². The molecule has 82 valence electrons. The Labute approximate surface area is 88.1 Å². The number of piperidine rings is 1. The van der Waals surface area contributed by atoms with Gasteiger partial charge in [0.05, 0.1) is 0 Å². The fraction of sp³-hybridized carbons (Fsp3) is 1.00. The second-order valence-corrected chi connectivity index (χ2v) is 4.91. The zero-order chi connectivity index (χ0) is 9.80. The molecule has 2 aliphatic heterocycles. The molecule has 2 unspecified atom stereocenters. The molecule has 2 heterocycles. The van der Waals surface area contributed by atoms with Crippen LogP contribution in [-0.2, 0) is 0 Å². The third kappa shape index (κ3) is 2.48. The Kier molecular flexibility index (Phi) is 3.82. The van der Waals surface area contributed by atoms with E-state index >= 15 is 0 Å². The molecule has 0 spiro atoms. The fourth-order valence-corrected chi connectivity index (χ4v) is 3.01. The van der Waals surface area contributed by atoms with Crippen LogP contribution in [-0.4, -0.2) is 37.1 Å². The van der Waals surface area contributed by atoms with E-state index in [9.17, 15) is 0 Å². The number of hydrogen-bond acceptors (Lipinski definition) is 2. The van der Waals surface area contributed by atoms with Crippen molar-refractivity contribution in [3.63, 3.8) is 0 Å². The Morgan fingerprint density at radius 1 is 1.29 bits per heavy atom. The van der Waals surface area contributed by atoms with Crippen molar-refractivity contribution in [3.8, 4) is 0 Å². The van der Waals surface area contributed by atoms with Crippen molar-refractivity contribution in [1.29, 1.82) is 0 Å². The van der Waals surface area contributed by atoms with Gasteiger partial charge in [0, 0.05) is 12.6 Å². The number of hydrogen-bond donors (Lipinski definition) is 1. The first-order valence-corrected chi connectivity index (χ1v) is 6.35. The molecule has 0 saturated carbocycles. The van der Waals surface area contributed by atoms with Crippen molar-refractivity contribution in [1.82, 2.24) is 10.2 Å². The Morgan fingerprint density at radius 3 is 2.93 bits per heavy atom. The van der Waals surface area contributed by atoms with Gasteiger partial charge in [0.2, 0.25) is 0 Å². The van der Waals surface area contributed by atoms with E-state index in [1.165, 1.54) is 58.3 Å². The number of rotatable bonds is 3. The van der Waals surface area contributed by atoms with Crippen molar-refractivity contribution in [3.05, 3.63) is 0 Å². The highest BCUT2D eigenvalue weighted by Gasteiger charge is 2.25. The van der Waals surface area contributed by atoms with Crippen LogP contribution in [0, 0.1) is 5.92 Å². The first-order chi connectivity index (χ1) is 6.90. The number of nitrogens with zero attached hydrogens (tertiary/aromatic N) is 1. The zero-order valence-electron chi connectivity index (χ0n) is 9.47. The molecule has 2 rings (SSSR count). The largest absolute Gasteiger partial charge is 0.316 e. The van der Waals surface area contributed by atoms with Gasteiger partial charge in [0.15, 0.2) is 0 Å². The molecular formula is C12H24N2. The summed E-state index contributed by atoms with van der Waals surface area (Å²) in [5.74, 6) is 0.927. The van der Waals surface area contributed by atoms with E-state index in [1.807, 2.05) is 0 Å². The van der Waals surface area contributed by atoms with Gasteiger partial charge >= 0.3 is 0 Å². The van der Waals surface area contributed by atoms with Crippen LogP contribution in [0.3, 0.4) is 0 Å². The van der Waals surface area contributed by atoms with Crippen molar-refractivity contribution in [2.24, 2.45) is 5.92 Å². The zero-order valence-corrected chi connectivity index (χ0v) is 9.47. The predicted octanol–water partition coefficient (Wildman–Crippen LogP) is 1.86. The first kappa shape index (κ1) is 10.4. The summed E-state index contributed by atoms with van der Waals surface area (Å²) in [7, 11) is 0. The minimum absolute atomic E-state index is 0.900. The molecule has 2 nitrogen and oxygen atoms in total. The second-order valence-electron chi connectivity index (χ2n) is 4.91. The van der Waals surface area contributed by atoms with E-state index < -0.39 is 0 Å². The van der Waals surface area contributed by atoms with Crippen LogP contribution in [0.25, 0.3) is 0 Å². The highest BCUT2D eigenvalue weighted by molar-refractivity contribution is 4.81. The number of likely N-dealkylation sites (tertiary alicyclic amines) is 1. The summed E-state index contributed by atoms with van der Waals surface area (Å²) in [6.45, 7) is 7.54. The summed E-state index contributed by atoms with van der Waals surface area (Å²) in [5.41, 5.74) is 0. The summed E-state index contributed by atoms with van der Waals surface area (Å²) in [6.07, 6.45) is 7.05. The van der Waals surface area contributed by atoms with Crippen LogP contribution in [0.5, 0.6) is 0 Å². The van der Waals surface area contributed by atoms with Gasteiger partial charge in [-0.3, -0.25) is 0 Å². The molecule has 14 heavy (non-hydrogen) atoms. The van der Waals surface area contributed by atoms with Crippen molar-refractivity contribution < 1.29 is 0 Å². The molecule has 2 fully saturated rings. The van der Waals surface area contributed by atoms with Gasteiger partial charge in [-0.05, 0) is 57.7 Å². The molecule has 1 N–H and O–H groups in total. The minimum atomic E-state index is 0.900. The maximum atomic E-state index is 3.51. The van der Waals surface area contributed by atoms with E-state index in [0.717, 1.165) is 12.0 Å². The average molecular weight is 196 g/mol. The van der Waals surface area contributed by atoms with Gasteiger partial charge in [-0.1, -0.05) is 6.92 Å². The molecule has 2 atom stereocenters. The summed E-state index contributed by atoms with van der Waals surface area (Å²) < 4.78 is 0. The lowest BCUT2D eigenvalue weighted by Gasteiger charge is -2.30. The summed E-state index contributed by atoms with van der Waals surface area (Å²) in [6, 6.07) is 0.900. The van der Waals surface area contributed by atoms with E-state index in [0.29, 0.717) is 0 Å². The summed E-state index contributed by atoms with van der Waals surface area (Å²) >= 11 is 0. The molecule has 0 aromatic carbocycles. The van der Waals surface area contributed by atoms with E-state index in [4.69, 9.17) is 0 Å². The number of nitrogens with one attached hydrogen (secondary N) is 1. The molecule has 0 aliphatic carbocycles. The average Bonchev–Trinajstić information content (AvgIpc) is 2.67. The SMILES string of the molecule is CCC1CCCN1CC1CCCNC1. The molecule has 2 saturated heterocycles. The van der Waals surface area contributed by atoms with Crippen molar-refractivity contribution >= 4 is 0 Å². The highest BCUT2D eigenvalue weighted by Crippen LogP contribution is 2.22. The van der Waals surface area contributed by atoms with Crippen LogP contribution in [0.15, 0.2) is 0 Å². The maximum Gasteiger partial charge on any atom is 0.00932 e. The monoisotopic (exact) mass is 196 g/mol. The standard InChI is InChI=1S/C12H24N2/c1-2-12-6-4-8-14(12)10-11-5-3-7-13-9-11/h11-13H,2-10H2,1H3. The van der Waals surface area contributed by atoms with Crippen LogP contribution < -0.4 is 5.32 Å². The van der Waals surface area contributed by atoms with Crippen molar-refractivity contribution in [2.75, 3.05) is 26.2 Å². The molecule has 0 amide bonds. The quantitative estimate of drug-likeness (QED) is 0.741. The first-order valence-electron chi connectivity index (χ1n) is 6.35. The van der Waals surface area contributed by atoms with Crippen LogP contribution in [0.4, 0.5) is 0 Å². The molecule has 2 heteroatoms. The predicted molar refractivity (Wildman–Crippen MR) is 60.5 cm³/mol. The Balaban J connectivity index is 1.77. The van der Waals surface area contributed by atoms with Gasteiger partial charge in [-0.25, -0.2) is 0 Å². The molecular weight excluding hydrogens is 172 g/mol. The summed E-state index contributed by atoms with van der Waals surface area (Å²) in [4.78, 5) is 2.73. The van der Waals surface area contributed by atoms with Gasteiger partial charge < -0.3 is 10.2 Å². The van der Waals surface area contributed by atoms with E-state index in [1.54, 1.807) is 0 Å². The van der Waals surface area contributed by atoms with Gasteiger partial charge in [0.25, 0.3) is 0 Å². The second kappa shape index (κ2) is 5.13. The van der Waals surface area contributed by atoms with Crippen LogP contribution in [0.1, 0.15) is 39.0 Å². The Morgan fingerprint density at radius 2 is 2.21 bits per heavy atom. The molecule has 0 aromatic rings. The molecule has 0 radical (unpaired) electrons. The maximum absolute atomic E-state index is 3.51. The highest BCUT2D eigenvalue weighted by atomic mass is 15.2. The molecule has 0 aromatic heterocycles. The van der Waals surface area contributed by atoms with E-state index in [-0.39, 0.29) is 0 Å². The van der Waals surface area contributed by atoms with E-state index in [2.05, 4.69) is 17.1 Å². The lowest BCUT2D eigenvalue weighted by Crippen LogP contribution is -2.40. The fourth-order valence-electron chi connectivity index (χ4n) is 3.01. The lowest BCUT2D eigenvalue weighted by molar-refractivity contribution is 0.191. The summed E-state index contributed by atoms with van der Waals surface area (Å²) in [5, 5.41) is 3.51. The Bertz CT molecular complexity index is 164. The smallest absolute Gasteiger partial charge is 0.00932 e. The van der Waals surface area contributed by atoms with Gasteiger partial charge in [-0.15, -0.1) is 0 Å². The third-order valence-corrected chi connectivity index (χ3v) is 3.86. The van der Waals surface area contributed by atoms with Crippen LogP contribution in [0.2, 0.25) is 0 Å². The molecule has 0 bridgehead atoms. The third-order valence-electron chi connectivity index (χ3n) is 3.86. The lowest BCUT2D eigenvalue weighted by atomic mass is 9.98. The Hall–Kier alpha value is -0.0800. The van der Waals surface area contributed by atoms with Crippen LogP contribution >= 0.6 is 0 Å². The van der Waals surface area contributed by atoms with Gasteiger partial charge in [0.1, 0.15) is 0 Å².